The number of nitrogen functional groups attached to an aromatic ring is 1. The lowest BCUT2D eigenvalue weighted by Crippen LogP contribution is -2.31. The van der Waals surface area contributed by atoms with Gasteiger partial charge >= 0.3 is 0 Å². The van der Waals surface area contributed by atoms with Crippen molar-refractivity contribution in [1.82, 2.24) is 5.32 Å². The summed E-state index contributed by atoms with van der Waals surface area (Å²) in [6.45, 7) is 2.77. The lowest BCUT2D eigenvalue weighted by molar-refractivity contribution is -0.122. The maximum atomic E-state index is 12.0. The standard InChI is InChI=1S/C17H20N2O2/c1-13(14-6-3-2-4-7-14)17(20)19-10-11-21-16-9-5-8-15(18)12-16/h2-9,12-13H,10-11,18H2,1H3,(H,19,20). The molecule has 21 heavy (non-hydrogen) atoms. The van der Waals surface area contributed by atoms with Crippen LogP contribution >= 0.6 is 0 Å². The normalized spacial score (nSPS) is 11.7. The Morgan fingerprint density at radius 1 is 1.19 bits per heavy atom. The number of anilines is 1. The monoisotopic (exact) mass is 284 g/mol. The first-order chi connectivity index (χ1) is 10.2. The lowest BCUT2D eigenvalue weighted by atomic mass is 10.0. The van der Waals surface area contributed by atoms with E-state index < -0.39 is 0 Å². The van der Waals surface area contributed by atoms with Crippen LogP contribution in [-0.2, 0) is 4.79 Å². The average Bonchev–Trinajstić information content (AvgIpc) is 2.51. The first-order valence-corrected chi connectivity index (χ1v) is 6.98. The molecule has 0 aromatic heterocycles. The van der Waals surface area contributed by atoms with Crippen LogP contribution in [0.2, 0.25) is 0 Å². The number of hydrogen-bond acceptors (Lipinski definition) is 3. The van der Waals surface area contributed by atoms with Crippen molar-refractivity contribution in [2.45, 2.75) is 12.8 Å². The molecule has 1 unspecified atom stereocenters. The molecular formula is C17H20N2O2. The number of benzene rings is 2. The van der Waals surface area contributed by atoms with Gasteiger partial charge in [0.1, 0.15) is 12.4 Å². The molecule has 0 spiro atoms. The van der Waals surface area contributed by atoms with E-state index in [2.05, 4.69) is 5.32 Å². The van der Waals surface area contributed by atoms with Gasteiger partial charge in [0, 0.05) is 11.8 Å². The molecule has 0 bridgehead atoms. The second-order valence-electron chi connectivity index (χ2n) is 4.84. The molecule has 0 aliphatic carbocycles. The number of rotatable bonds is 6. The number of ether oxygens (including phenoxy) is 1. The number of carbonyl (C=O) groups excluding carboxylic acids is 1. The Morgan fingerprint density at radius 2 is 1.95 bits per heavy atom. The van der Waals surface area contributed by atoms with Crippen molar-refractivity contribution in [1.29, 1.82) is 0 Å². The molecule has 0 saturated carbocycles. The predicted molar refractivity (Wildman–Crippen MR) is 84.2 cm³/mol. The molecule has 2 aromatic carbocycles. The van der Waals surface area contributed by atoms with Gasteiger partial charge in [0.25, 0.3) is 0 Å². The van der Waals surface area contributed by atoms with Gasteiger partial charge in [-0.3, -0.25) is 4.79 Å². The third-order valence-electron chi connectivity index (χ3n) is 3.22. The minimum Gasteiger partial charge on any atom is -0.492 e. The minimum atomic E-state index is -0.168. The van der Waals surface area contributed by atoms with Crippen LogP contribution < -0.4 is 15.8 Å². The fraction of sp³-hybridized carbons (Fsp3) is 0.235. The van der Waals surface area contributed by atoms with Crippen molar-refractivity contribution in [3.8, 4) is 5.75 Å². The molecule has 110 valence electrons. The molecule has 2 aromatic rings. The zero-order chi connectivity index (χ0) is 15.1. The van der Waals surface area contributed by atoms with Crippen LogP contribution in [0, 0.1) is 0 Å². The third kappa shape index (κ3) is 4.53. The fourth-order valence-corrected chi connectivity index (χ4v) is 1.99. The van der Waals surface area contributed by atoms with E-state index in [-0.39, 0.29) is 11.8 Å². The first kappa shape index (κ1) is 14.9. The molecule has 0 radical (unpaired) electrons. The SMILES string of the molecule is CC(C(=O)NCCOc1cccc(N)c1)c1ccccc1. The van der Waals surface area contributed by atoms with Gasteiger partial charge in [-0.05, 0) is 24.6 Å². The van der Waals surface area contributed by atoms with E-state index in [1.807, 2.05) is 49.4 Å². The van der Waals surface area contributed by atoms with E-state index in [1.54, 1.807) is 12.1 Å². The molecule has 3 N–H and O–H groups in total. The molecule has 0 fully saturated rings. The van der Waals surface area contributed by atoms with Gasteiger partial charge in [-0.15, -0.1) is 0 Å². The molecule has 1 amide bonds. The lowest BCUT2D eigenvalue weighted by Gasteiger charge is -2.13. The highest BCUT2D eigenvalue weighted by Crippen LogP contribution is 2.15. The third-order valence-corrected chi connectivity index (χ3v) is 3.22. The van der Waals surface area contributed by atoms with Crippen LogP contribution in [0.4, 0.5) is 5.69 Å². The second-order valence-corrected chi connectivity index (χ2v) is 4.84. The van der Waals surface area contributed by atoms with Gasteiger partial charge in [0.2, 0.25) is 5.91 Å². The van der Waals surface area contributed by atoms with Gasteiger partial charge in [0.05, 0.1) is 12.5 Å². The van der Waals surface area contributed by atoms with E-state index in [4.69, 9.17) is 10.5 Å². The van der Waals surface area contributed by atoms with E-state index in [0.29, 0.717) is 24.6 Å². The summed E-state index contributed by atoms with van der Waals surface area (Å²) in [6.07, 6.45) is 0. The molecule has 0 aliphatic rings. The predicted octanol–water partition coefficient (Wildman–Crippen LogP) is 2.57. The maximum absolute atomic E-state index is 12.0. The smallest absolute Gasteiger partial charge is 0.227 e. The van der Waals surface area contributed by atoms with E-state index in [9.17, 15) is 4.79 Å². The molecular weight excluding hydrogens is 264 g/mol. The zero-order valence-electron chi connectivity index (χ0n) is 12.1. The number of hydrogen-bond donors (Lipinski definition) is 2. The molecule has 4 nitrogen and oxygen atoms in total. The van der Waals surface area contributed by atoms with Crippen molar-refractivity contribution in [2.24, 2.45) is 0 Å². The summed E-state index contributed by atoms with van der Waals surface area (Å²) >= 11 is 0. The highest BCUT2D eigenvalue weighted by Gasteiger charge is 2.13. The van der Waals surface area contributed by atoms with Gasteiger partial charge in [-0.25, -0.2) is 0 Å². The van der Waals surface area contributed by atoms with Crippen LogP contribution in [-0.4, -0.2) is 19.1 Å². The highest BCUT2D eigenvalue weighted by molar-refractivity contribution is 5.83. The van der Waals surface area contributed by atoms with Crippen LogP contribution in [0.3, 0.4) is 0 Å². The topological polar surface area (TPSA) is 64.3 Å². The van der Waals surface area contributed by atoms with Crippen LogP contribution in [0.25, 0.3) is 0 Å². The summed E-state index contributed by atoms with van der Waals surface area (Å²) in [6, 6.07) is 16.9. The Bertz CT molecular complexity index is 584. The number of carbonyl (C=O) groups is 1. The maximum Gasteiger partial charge on any atom is 0.227 e. The Labute approximate surface area is 124 Å². The molecule has 1 atom stereocenters. The fourth-order valence-electron chi connectivity index (χ4n) is 1.99. The number of amides is 1. The van der Waals surface area contributed by atoms with Gasteiger partial charge < -0.3 is 15.8 Å². The summed E-state index contributed by atoms with van der Waals surface area (Å²) in [5.41, 5.74) is 7.33. The van der Waals surface area contributed by atoms with Crippen molar-refractivity contribution >= 4 is 11.6 Å². The molecule has 0 saturated heterocycles. The molecule has 0 aliphatic heterocycles. The second kappa shape index (κ2) is 7.33. The van der Waals surface area contributed by atoms with Crippen molar-refractivity contribution in [2.75, 3.05) is 18.9 Å². The minimum absolute atomic E-state index is 0.00243. The van der Waals surface area contributed by atoms with Crippen molar-refractivity contribution in [3.63, 3.8) is 0 Å². The van der Waals surface area contributed by atoms with Crippen LogP contribution in [0.5, 0.6) is 5.75 Å². The van der Waals surface area contributed by atoms with Gasteiger partial charge in [-0.2, -0.15) is 0 Å². The van der Waals surface area contributed by atoms with Gasteiger partial charge in [0.15, 0.2) is 0 Å². The Hall–Kier alpha value is -2.49. The Kier molecular flexibility index (Phi) is 5.21. The summed E-state index contributed by atoms with van der Waals surface area (Å²) in [5, 5.41) is 2.87. The molecule has 0 heterocycles. The zero-order valence-corrected chi connectivity index (χ0v) is 12.1. The van der Waals surface area contributed by atoms with Gasteiger partial charge in [-0.1, -0.05) is 36.4 Å². The summed E-state index contributed by atoms with van der Waals surface area (Å²) in [7, 11) is 0. The summed E-state index contributed by atoms with van der Waals surface area (Å²) in [5.74, 6) is 0.538. The molecule has 4 heteroatoms. The Balaban J connectivity index is 1.74. The molecule has 2 rings (SSSR count). The van der Waals surface area contributed by atoms with E-state index in [0.717, 1.165) is 5.56 Å². The van der Waals surface area contributed by atoms with E-state index in [1.165, 1.54) is 0 Å². The largest absolute Gasteiger partial charge is 0.492 e. The van der Waals surface area contributed by atoms with Crippen molar-refractivity contribution in [3.05, 3.63) is 60.2 Å². The van der Waals surface area contributed by atoms with Crippen LogP contribution in [0.15, 0.2) is 54.6 Å². The Morgan fingerprint density at radius 3 is 2.67 bits per heavy atom. The van der Waals surface area contributed by atoms with E-state index >= 15 is 0 Å². The highest BCUT2D eigenvalue weighted by atomic mass is 16.5. The summed E-state index contributed by atoms with van der Waals surface area (Å²) < 4.78 is 5.53. The first-order valence-electron chi connectivity index (χ1n) is 6.98. The average molecular weight is 284 g/mol. The van der Waals surface area contributed by atoms with Crippen molar-refractivity contribution < 1.29 is 9.53 Å². The number of nitrogens with two attached hydrogens (primary N) is 1. The quantitative estimate of drug-likeness (QED) is 0.633. The van der Waals surface area contributed by atoms with Crippen LogP contribution in [0.1, 0.15) is 18.4 Å². The number of nitrogens with one attached hydrogen (secondary N) is 1. The summed E-state index contributed by atoms with van der Waals surface area (Å²) in [4.78, 5) is 12.0.